The van der Waals surface area contributed by atoms with E-state index in [1.807, 2.05) is 0 Å². The Morgan fingerprint density at radius 2 is 1.58 bits per heavy atom. The molecule has 170 valence electrons. The Hall–Kier alpha value is -2.95. The molecule has 0 bridgehead atoms. The normalized spacial score (nSPS) is 11.8. The highest BCUT2D eigenvalue weighted by molar-refractivity contribution is 5.74. The molecular weight excluding hydrogens is 430 g/mol. The monoisotopic (exact) mass is 450 g/mol. The molecule has 2 rings (SSSR count). The number of ether oxygens (including phenoxy) is 2. The van der Waals surface area contributed by atoms with Gasteiger partial charge in [-0.25, -0.2) is 4.79 Å². The van der Waals surface area contributed by atoms with Crippen molar-refractivity contribution in [1.29, 1.82) is 0 Å². The number of amides is 2. The van der Waals surface area contributed by atoms with Crippen LogP contribution in [0, 0.1) is 0 Å². The predicted molar refractivity (Wildman–Crippen MR) is 99.0 cm³/mol. The zero-order valence-corrected chi connectivity index (χ0v) is 16.4. The summed E-state index contributed by atoms with van der Waals surface area (Å²) in [6.07, 6.45) is -9.24. The summed E-state index contributed by atoms with van der Waals surface area (Å²) in [6.45, 7) is -1.54. The highest BCUT2D eigenvalue weighted by Gasteiger charge is 2.32. The average Bonchev–Trinajstić information content (AvgIpc) is 2.66. The lowest BCUT2D eigenvalue weighted by Crippen LogP contribution is -2.36. The third-order valence-electron chi connectivity index (χ3n) is 3.95. The van der Waals surface area contributed by atoms with Crippen molar-refractivity contribution in [3.63, 3.8) is 0 Å². The van der Waals surface area contributed by atoms with Gasteiger partial charge >= 0.3 is 18.6 Å². The van der Waals surface area contributed by atoms with Gasteiger partial charge in [-0.15, -0.1) is 13.2 Å². The number of hydrogen-bond donors (Lipinski definition) is 1. The molecule has 0 saturated heterocycles. The van der Waals surface area contributed by atoms with Gasteiger partial charge in [-0.1, -0.05) is 42.5 Å². The van der Waals surface area contributed by atoms with E-state index in [0.717, 1.165) is 6.07 Å². The number of hydrogen-bond acceptors (Lipinski definition) is 3. The van der Waals surface area contributed by atoms with Crippen LogP contribution in [0.4, 0.5) is 31.1 Å². The third-order valence-corrected chi connectivity index (χ3v) is 3.95. The van der Waals surface area contributed by atoms with E-state index >= 15 is 0 Å². The van der Waals surface area contributed by atoms with Crippen molar-refractivity contribution in [3.05, 3.63) is 65.2 Å². The van der Waals surface area contributed by atoms with Crippen molar-refractivity contribution in [1.82, 2.24) is 10.2 Å². The number of alkyl halides is 6. The van der Waals surface area contributed by atoms with Gasteiger partial charge in [0.1, 0.15) is 12.4 Å². The van der Waals surface area contributed by atoms with Gasteiger partial charge in [0.2, 0.25) is 0 Å². The summed E-state index contributed by atoms with van der Waals surface area (Å²) in [5, 5.41) is 2.61. The van der Waals surface area contributed by atoms with E-state index in [2.05, 4.69) is 14.8 Å². The van der Waals surface area contributed by atoms with Crippen molar-refractivity contribution in [2.75, 3.05) is 13.7 Å². The predicted octanol–water partition coefficient (Wildman–Crippen LogP) is 5.01. The number of benzene rings is 2. The molecule has 0 fully saturated rings. The molecule has 2 aromatic carbocycles. The van der Waals surface area contributed by atoms with Crippen molar-refractivity contribution >= 4 is 6.03 Å². The van der Waals surface area contributed by atoms with Gasteiger partial charge in [-0.3, -0.25) is 0 Å². The maximum Gasteiger partial charge on any atom is 0.573 e. The summed E-state index contributed by atoms with van der Waals surface area (Å²) in [6, 6.07) is 11.4. The third kappa shape index (κ3) is 9.16. The van der Waals surface area contributed by atoms with Crippen LogP contribution in [0.25, 0.3) is 0 Å². The molecule has 0 atom stereocenters. The molecule has 0 aliphatic carbocycles. The first-order valence-corrected chi connectivity index (χ1v) is 8.98. The average molecular weight is 450 g/mol. The molecule has 11 heteroatoms. The summed E-state index contributed by atoms with van der Waals surface area (Å²) < 4.78 is 82.3. The highest BCUT2D eigenvalue weighted by Crippen LogP contribution is 2.27. The molecule has 2 aromatic rings. The van der Waals surface area contributed by atoms with E-state index in [-0.39, 0.29) is 25.3 Å². The molecule has 0 aromatic heterocycles. The smallest absolute Gasteiger partial charge is 0.405 e. The van der Waals surface area contributed by atoms with Crippen molar-refractivity contribution < 1.29 is 40.6 Å². The van der Waals surface area contributed by atoms with Gasteiger partial charge in [0.05, 0.1) is 13.2 Å². The van der Waals surface area contributed by atoms with Crippen LogP contribution >= 0.6 is 0 Å². The van der Waals surface area contributed by atoms with Crippen LogP contribution in [-0.4, -0.2) is 37.1 Å². The number of urea groups is 1. The fraction of sp³-hybridized carbons (Fsp3) is 0.350. The van der Waals surface area contributed by atoms with Crippen LogP contribution in [0.3, 0.4) is 0 Å². The highest BCUT2D eigenvalue weighted by atomic mass is 19.4. The maximum absolute atomic E-state index is 12.5. The Labute approximate surface area is 174 Å². The lowest BCUT2D eigenvalue weighted by atomic mass is 10.1. The second kappa shape index (κ2) is 10.4. The minimum absolute atomic E-state index is 0.117. The molecule has 0 aliphatic heterocycles. The number of nitrogens with zero attached hydrogens (tertiary/aromatic N) is 1. The number of nitrogens with one attached hydrogen (secondary N) is 1. The van der Waals surface area contributed by atoms with Gasteiger partial charge in [0, 0.05) is 19.2 Å². The maximum atomic E-state index is 12.5. The topological polar surface area (TPSA) is 50.8 Å². The Kier molecular flexibility index (Phi) is 8.14. The molecule has 0 heterocycles. The van der Waals surface area contributed by atoms with E-state index < -0.39 is 30.9 Å². The molecule has 0 saturated carbocycles. The minimum Gasteiger partial charge on any atom is -0.405 e. The van der Waals surface area contributed by atoms with E-state index in [1.54, 1.807) is 24.3 Å². The number of halogens is 6. The minimum atomic E-state index is -4.85. The van der Waals surface area contributed by atoms with Crippen LogP contribution in [0.1, 0.15) is 16.7 Å². The first-order valence-electron chi connectivity index (χ1n) is 8.98. The van der Waals surface area contributed by atoms with Gasteiger partial charge in [-0.05, 0) is 17.2 Å². The summed E-state index contributed by atoms with van der Waals surface area (Å²) in [5.41, 5.74) is 1.40. The van der Waals surface area contributed by atoms with Crippen LogP contribution in [-0.2, 0) is 24.4 Å². The number of rotatable bonds is 8. The largest absolute Gasteiger partial charge is 0.573 e. The SMILES string of the molecule is CN(Cc1ccccc1OC(F)(F)F)C(=O)NCc1ccc(COCC(F)(F)F)cc1. The standard InChI is InChI=1S/C20H20F6N2O3/c1-28(11-16-4-2-3-5-17(16)31-20(24,25)26)18(29)27-10-14-6-8-15(9-7-14)12-30-13-19(21,22)23/h2-9H,10-13H2,1H3,(H,27,29). The Morgan fingerprint density at radius 3 is 2.19 bits per heavy atom. The van der Waals surface area contributed by atoms with Gasteiger partial charge in [0.25, 0.3) is 0 Å². The zero-order chi connectivity index (χ0) is 23.1. The number of carbonyl (C=O) groups excluding carboxylic acids is 1. The molecule has 0 radical (unpaired) electrons. The van der Waals surface area contributed by atoms with E-state index in [1.165, 1.54) is 30.1 Å². The quantitative estimate of drug-likeness (QED) is 0.576. The number of para-hydroxylation sites is 1. The first kappa shape index (κ1) is 24.3. The molecular formula is C20H20F6N2O3. The Balaban J connectivity index is 1.85. The van der Waals surface area contributed by atoms with Crippen molar-refractivity contribution in [2.45, 2.75) is 32.2 Å². The van der Waals surface area contributed by atoms with Crippen LogP contribution < -0.4 is 10.1 Å². The van der Waals surface area contributed by atoms with Gasteiger partial charge in [0.15, 0.2) is 0 Å². The Morgan fingerprint density at radius 1 is 0.968 bits per heavy atom. The summed E-state index contributed by atoms with van der Waals surface area (Å²) >= 11 is 0. The molecule has 1 N–H and O–H groups in total. The number of carbonyl (C=O) groups is 1. The molecule has 0 aliphatic rings. The van der Waals surface area contributed by atoms with Crippen molar-refractivity contribution in [3.8, 4) is 5.75 Å². The van der Waals surface area contributed by atoms with E-state index in [9.17, 15) is 31.1 Å². The second-order valence-corrected chi connectivity index (χ2v) is 6.59. The molecule has 0 unspecified atom stereocenters. The molecule has 0 spiro atoms. The van der Waals surface area contributed by atoms with Gasteiger partial charge in [-0.2, -0.15) is 13.2 Å². The molecule has 5 nitrogen and oxygen atoms in total. The fourth-order valence-corrected chi connectivity index (χ4v) is 2.54. The summed E-state index contributed by atoms with van der Waals surface area (Å²) in [4.78, 5) is 13.4. The van der Waals surface area contributed by atoms with Crippen molar-refractivity contribution in [2.24, 2.45) is 0 Å². The molecule has 31 heavy (non-hydrogen) atoms. The Bertz CT molecular complexity index is 853. The first-order chi connectivity index (χ1) is 14.4. The summed E-state index contributed by atoms with van der Waals surface area (Å²) in [7, 11) is 1.42. The van der Waals surface area contributed by atoms with E-state index in [4.69, 9.17) is 0 Å². The van der Waals surface area contributed by atoms with Crippen LogP contribution in [0.15, 0.2) is 48.5 Å². The summed E-state index contributed by atoms with van der Waals surface area (Å²) in [5.74, 6) is -0.391. The van der Waals surface area contributed by atoms with Crippen LogP contribution in [0.5, 0.6) is 5.75 Å². The van der Waals surface area contributed by atoms with Gasteiger partial charge < -0.3 is 19.7 Å². The van der Waals surface area contributed by atoms with E-state index in [0.29, 0.717) is 11.1 Å². The molecule has 2 amide bonds. The zero-order valence-electron chi connectivity index (χ0n) is 16.4. The second-order valence-electron chi connectivity index (χ2n) is 6.59. The fourth-order valence-electron chi connectivity index (χ4n) is 2.54. The lowest BCUT2D eigenvalue weighted by molar-refractivity contribution is -0.275. The van der Waals surface area contributed by atoms with Crippen LogP contribution in [0.2, 0.25) is 0 Å². The lowest BCUT2D eigenvalue weighted by Gasteiger charge is -2.20.